The molecular formula is C18H24N2O4. The van der Waals surface area contributed by atoms with Crippen molar-refractivity contribution in [2.24, 2.45) is 0 Å². The van der Waals surface area contributed by atoms with Crippen LogP contribution in [0.2, 0.25) is 0 Å². The van der Waals surface area contributed by atoms with Gasteiger partial charge in [0.15, 0.2) is 0 Å². The number of amides is 3. The fourth-order valence-corrected chi connectivity index (χ4v) is 3.48. The van der Waals surface area contributed by atoms with Crippen LogP contribution in [0.3, 0.4) is 0 Å². The van der Waals surface area contributed by atoms with Crippen LogP contribution < -0.4 is 4.74 Å². The highest BCUT2D eigenvalue weighted by molar-refractivity contribution is 6.04. The number of aryl methyl sites for hydroxylation is 2. The van der Waals surface area contributed by atoms with Gasteiger partial charge in [0.1, 0.15) is 24.5 Å². The third-order valence-corrected chi connectivity index (χ3v) is 4.75. The van der Waals surface area contributed by atoms with E-state index in [2.05, 4.69) is 0 Å². The van der Waals surface area contributed by atoms with Gasteiger partial charge >= 0.3 is 6.03 Å². The van der Waals surface area contributed by atoms with Crippen molar-refractivity contribution in [2.45, 2.75) is 45.3 Å². The molecule has 0 aliphatic carbocycles. The maximum absolute atomic E-state index is 12.4. The number of urea groups is 1. The molecule has 2 aliphatic rings. The first-order chi connectivity index (χ1) is 11.5. The third kappa shape index (κ3) is 3.11. The van der Waals surface area contributed by atoms with Crippen LogP contribution in [0.15, 0.2) is 18.2 Å². The Hall–Kier alpha value is -2.08. The Kier molecular flexibility index (Phi) is 4.76. The number of rotatable bonds is 5. The molecule has 1 aromatic carbocycles. The minimum absolute atomic E-state index is 0.0183. The predicted octanol–water partition coefficient (Wildman–Crippen LogP) is 1.86. The van der Waals surface area contributed by atoms with Crippen molar-refractivity contribution in [3.8, 4) is 5.75 Å². The van der Waals surface area contributed by atoms with Crippen LogP contribution in [0, 0.1) is 13.8 Å². The molecule has 1 N–H and O–H groups in total. The lowest BCUT2D eigenvalue weighted by Gasteiger charge is -2.26. The topological polar surface area (TPSA) is 70.1 Å². The Balaban J connectivity index is 1.60. The Labute approximate surface area is 142 Å². The molecule has 0 bridgehead atoms. The number of aliphatic hydroxyl groups is 1. The van der Waals surface area contributed by atoms with Crippen LogP contribution in [0.1, 0.15) is 30.4 Å². The van der Waals surface area contributed by atoms with E-state index in [0.717, 1.165) is 36.1 Å². The molecule has 0 unspecified atom stereocenters. The third-order valence-electron chi connectivity index (χ3n) is 4.75. The standard InChI is InChI=1S/C18H24N2O4/c1-12-6-5-7-13(2)16(12)24-11-14(21)10-20-17(22)15-8-3-4-9-19(15)18(20)23/h5-7,14-15,21H,3-4,8-11H2,1-2H3/t14-,15+/m1/s1. The van der Waals surface area contributed by atoms with E-state index in [1.54, 1.807) is 4.90 Å². The summed E-state index contributed by atoms with van der Waals surface area (Å²) in [5, 5.41) is 10.2. The SMILES string of the molecule is Cc1cccc(C)c1OC[C@H](O)CN1C(=O)[C@@H]2CCCCN2C1=O. The van der Waals surface area contributed by atoms with Gasteiger partial charge in [0, 0.05) is 6.54 Å². The van der Waals surface area contributed by atoms with Crippen molar-refractivity contribution in [3.05, 3.63) is 29.3 Å². The molecule has 24 heavy (non-hydrogen) atoms. The fourth-order valence-electron chi connectivity index (χ4n) is 3.48. The summed E-state index contributed by atoms with van der Waals surface area (Å²) in [6, 6.07) is 5.22. The molecule has 6 nitrogen and oxygen atoms in total. The summed E-state index contributed by atoms with van der Waals surface area (Å²) < 4.78 is 5.72. The highest BCUT2D eigenvalue weighted by Crippen LogP contribution is 2.27. The minimum Gasteiger partial charge on any atom is -0.490 e. The molecule has 0 saturated carbocycles. The summed E-state index contributed by atoms with van der Waals surface area (Å²) in [5.41, 5.74) is 1.99. The molecule has 0 spiro atoms. The lowest BCUT2D eigenvalue weighted by molar-refractivity contribution is -0.129. The van der Waals surface area contributed by atoms with Crippen LogP contribution in [0.4, 0.5) is 4.79 Å². The number of para-hydroxylation sites is 1. The van der Waals surface area contributed by atoms with Crippen molar-refractivity contribution >= 4 is 11.9 Å². The monoisotopic (exact) mass is 332 g/mol. The maximum atomic E-state index is 12.4. The molecule has 2 aliphatic heterocycles. The molecule has 0 aromatic heterocycles. The van der Waals surface area contributed by atoms with Crippen molar-refractivity contribution in [1.29, 1.82) is 0 Å². The van der Waals surface area contributed by atoms with Gasteiger partial charge < -0.3 is 14.7 Å². The first kappa shape index (κ1) is 16.8. The second-order valence-corrected chi connectivity index (χ2v) is 6.62. The van der Waals surface area contributed by atoms with Crippen LogP contribution in [0.25, 0.3) is 0 Å². The average Bonchev–Trinajstić information content (AvgIpc) is 2.80. The summed E-state index contributed by atoms with van der Waals surface area (Å²) in [4.78, 5) is 27.5. The second-order valence-electron chi connectivity index (χ2n) is 6.62. The number of carbonyl (C=O) groups is 2. The minimum atomic E-state index is -0.904. The van der Waals surface area contributed by atoms with Gasteiger partial charge in [-0.15, -0.1) is 0 Å². The molecule has 2 saturated heterocycles. The van der Waals surface area contributed by atoms with Crippen molar-refractivity contribution in [2.75, 3.05) is 19.7 Å². The molecular weight excluding hydrogens is 308 g/mol. The lowest BCUT2D eigenvalue weighted by Crippen LogP contribution is -2.40. The first-order valence-corrected chi connectivity index (χ1v) is 8.48. The number of hydrogen-bond donors (Lipinski definition) is 1. The zero-order chi connectivity index (χ0) is 17.3. The Morgan fingerprint density at radius 1 is 1.25 bits per heavy atom. The van der Waals surface area contributed by atoms with E-state index in [9.17, 15) is 14.7 Å². The summed E-state index contributed by atoms with van der Waals surface area (Å²) in [7, 11) is 0. The Morgan fingerprint density at radius 2 is 1.96 bits per heavy atom. The number of β-amino-alcohol motifs (C(OH)–C–C–N with tert-alkyl or cyclic N) is 1. The van der Waals surface area contributed by atoms with Crippen molar-refractivity contribution < 1.29 is 19.4 Å². The summed E-state index contributed by atoms with van der Waals surface area (Å²) in [6.45, 7) is 4.55. The number of imide groups is 1. The van der Waals surface area contributed by atoms with Crippen molar-refractivity contribution in [3.63, 3.8) is 0 Å². The van der Waals surface area contributed by atoms with E-state index in [-0.39, 0.29) is 31.1 Å². The summed E-state index contributed by atoms with van der Waals surface area (Å²) >= 11 is 0. The van der Waals surface area contributed by atoms with Gasteiger partial charge in [0.05, 0.1) is 6.54 Å². The fraction of sp³-hybridized carbons (Fsp3) is 0.556. The van der Waals surface area contributed by atoms with Gasteiger partial charge in [-0.2, -0.15) is 0 Å². The molecule has 6 heteroatoms. The maximum Gasteiger partial charge on any atom is 0.327 e. The lowest BCUT2D eigenvalue weighted by atomic mass is 10.0. The van der Waals surface area contributed by atoms with Crippen LogP contribution in [-0.2, 0) is 4.79 Å². The number of hydrogen-bond acceptors (Lipinski definition) is 4. The van der Waals surface area contributed by atoms with Gasteiger partial charge in [-0.05, 0) is 44.2 Å². The van der Waals surface area contributed by atoms with Gasteiger partial charge in [0.2, 0.25) is 0 Å². The quantitative estimate of drug-likeness (QED) is 0.836. The van der Waals surface area contributed by atoms with Gasteiger partial charge in [0.25, 0.3) is 5.91 Å². The number of piperidine rings is 1. The molecule has 3 rings (SSSR count). The van der Waals surface area contributed by atoms with E-state index in [4.69, 9.17) is 4.74 Å². The molecule has 2 heterocycles. The van der Waals surface area contributed by atoms with Crippen molar-refractivity contribution in [1.82, 2.24) is 9.80 Å². The highest BCUT2D eigenvalue weighted by atomic mass is 16.5. The Bertz CT molecular complexity index is 602. The first-order valence-electron chi connectivity index (χ1n) is 8.48. The molecule has 2 fully saturated rings. The summed E-state index contributed by atoms with van der Waals surface area (Å²) in [6.07, 6.45) is 1.71. The van der Waals surface area contributed by atoms with Gasteiger partial charge in [-0.3, -0.25) is 9.69 Å². The molecule has 130 valence electrons. The van der Waals surface area contributed by atoms with E-state index < -0.39 is 6.10 Å². The molecule has 3 amide bonds. The van der Waals surface area contributed by atoms with Gasteiger partial charge in [-0.25, -0.2) is 4.79 Å². The molecule has 0 radical (unpaired) electrons. The molecule has 2 atom stereocenters. The normalized spacial score (nSPS) is 21.9. The molecule has 1 aromatic rings. The number of fused-ring (bicyclic) bond motifs is 1. The van der Waals surface area contributed by atoms with Crippen LogP contribution >= 0.6 is 0 Å². The van der Waals surface area contributed by atoms with E-state index in [0.29, 0.717) is 6.54 Å². The number of benzene rings is 1. The zero-order valence-electron chi connectivity index (χ0n) is 14.2. The number of aliphatic hydroxyl groups excluding tert-OH is 1. The van der Waals surface area contributed by atoms with Crippen LogP contribution in [-0.4, -0.2) is 58.7 Å². The van der Waals surface area contributed by atoms with E-state index >= 15 is 0 Å². The number of carbonyl (C=O) groups excluding carboxylic acids is 2. The number of nitrogens with zero attached hydrogens (tertiary/aromatic N) is 2. The smallest absolute Gasteiger partial charge is 0.327 e. The van der Waals surface area contributed by atoms with Crippen LogP contribution in [0.5, 0.6) is 5.75 Å². The highest BCUT2D eigenvalue weighted by Gasteiger charge is 2.46. The van der Waals surface area contributed by atoms with E-state index in [1.807, 2.05) is 32.0 Å². The predicted molar refractivity (Wildman–Crippen MR) is 88.9 cm³/mol. The largest absolute Gasteiger partial charge is 0.490 e. The second kappa shape index (κ2) is 6.81. The zero-order valence-corrected chi connectivity index (χ0v) is 14.2. The Morgan fingerprint density at radius 3 is 2.62 bits per heavy atom. The average molecular weight is 332 g/mol. The van der Waals surface area contributed by atoms with E-state index in [1.165, 1.54) is 4.90 Å². The summed E-state index contributed by atoms with van der Waals surface area (Å²) in [5.74, 6) is 0.555. The number of ether oxygens (including phenoxy) is 1. The van der Waals surface area contributed by atoms with Gasteiger partial charge in [-0.1, -0.05) is 18.2 Å².